The lowest BCUT2D eigenvalue weighted by Gasteiger charge is -2.34. The topological polar surface area (TPSA) is 86.8 Å². The lowest BCUT2D eigenvalue weighted by atomic mass is 10.0. The molecule has 0 aliphatic heterocycles. The molecule has 0 heterocycles. The van der Waals surface area contributed by atoms with Crippen LogP contribution in [0.2, 0.25) is 0 Å². The number of nitrogens with zero attached hydrogens (tertiary/aromatic N) is 2. The lowest BCUT2D eigenvalue weighted by molar-refractivity contribution is -0.140. The van der Waals surface area contributed by atoms with Gasteiger partial charge in [-0.3, -0.25) is 13.9 Å². The number of hydrogen-bond acceptors (Lipinski definition) is 4. The molecule has 1 unspecified atom stereocenters. The maximum atomic E-state index is 15.1. The fourth-order valence-electron chi connectivity index (χ4n) is 4.71. The third-order valence-electron chi connectivity index (χ3n) is 6.91. The van der Waals surface area contributed by atoms with Gasteiger partial charge in [0.2, 0.25) is 11.8 Å². The van der Waals surface area contributed by atoms with Crippen LogP contribution in [0.3, 0.4) is 0 Å². The smallest absolute Gasteiger partial charge is 0.264 e. The molecule has 4 aromatic carbocycles. The van der Waals surface area contributed by atoms with E-state index < -0.39 is 34.3 Å². The van der Waals surface area contributed by atoms with Gasteiger partial charge in [-0.1, -0.05) is 90.5 Å². The minimum atomic E-state index is -4.36. The highest BCUT2D eigenvalue weighted by molar-refractivity contribution is 7.92. The van der Waals surface area contributed by atoms with Gasteiger partial charge in [0.1, 0.15) is 18.4 Å². The summed E-state index contributed by atoms with van der Waals surface area (Å²) in [7, 11) is -4.36. The highest BCUT2D eigenvalue weighted by Gasteiger charge is 2.35. The Morgan fingerprint density at radius 2 is 1.37 bits per heavy atom. The van der Waals surface area contributed by atoms with Crippen molar-refractivity contribution in [2.45, 2.75) is 50.7 Å². The molecule has 0 aliphatic carbocycles. The Balaban J connectivity index is 1.80. The molecule has 0 aliphatic rings. The second kappa shape index (κ2) is 14.1. The van der Waals surface area contributed by atoms with Gasteiger partial charge in [0.15, 0.2) is 0 Å². The summed E-state index contributed by atoms with van der Waals surface area (Å²) in [5.41, 5.74) is 2.36. The average Bonchev–Trinajstić information content (AvgIpc) is 2.99. The van der Waals surface area contributed by atoms with Crippen LogP contribution in [-0.2, 0) is 32.6 Å². The van der Waals surface area contributed by atoms with Crippen LogP contribution >= 0.6 is 0 Å². The molecule has 1 atom stereocenters. The number of sulfonamides is 1. The molecule has 2 amide bonds. The first-order valence-electron chi connectivity index (χ1n) is 14.1. The van der Waals surface area contributed by atoms with E-state index in [0.29, 0.717) is 0 Å². The number of benzene rings is 4. The van der Waals surface area contributed by atoms with Crippen molar-refractivity contribution in [3.05, 3.63) is 132 Å². The normalized spacial score (nSPS) is 12.0. The summed E-state index contributed by atoms with van der Waals surface area (Å²) < 4.78 is 43.7. The van der Waals surface area contributed by atoms with Crippen LogP contribution in [0, 0.1) is 12.7 Å². The Morgan fingerprint density at radius 3 is 1.98 bits per heavy atom. The standard InChI is InChI=1S/C34H36FN3O4S/c1-25(2)36-34(40)32(22-27-12-6-4-7-13-27)37(23-28-20-18-26(3)19-21-28)33(39)24-38(31-17-11-10-16-30(31)35)43(41,42)29-14-8-5-9-15-29/h4-21,25,32H,22-24H2,1-3H3,(H,36,40). The molecule has 4 rings (SSSR count). The molecular weight excluding hydrogens is 565 g/mol. The molecule has 4 aromatic rings. The summed E-state index contributed by atoms with van der Waals surface area (Å²) in [5.74, 6) is -1.82. The Bertz CT molecular complexity index is 1630. The van der Waals surface area contributed by atoms with Gasteiger partial charge in [-0.2, -0.15) is 0 Å². The predicted molar refractivity (Wildman–Crippen MR) is 166 cm³/mol. The van der Waals surface area contributed by atoms with Gasteiger partial charge in [-0.15, -0.1) is 0 Å². The molecule has 43 heavy (non-hydrogen) atoms. The van der Waals surface area contributed by atoms with Gasteiger partial charge in [-0.05, 0) is 56.2 Å². The average molecular weight is 602 g/mol. The van der Waals surface area contributed by atoms with Crippen LogP contribution in [0.25, 0.3) is 0 Å². The Morgan fingerprint density at radius 1 is 0.791 bits per heavy atom. The van der Waals surface area contributed by atoms with Crippen molar-refractivity contribution in [3.63, 3.8) is 0 Å². The quantitative estimate of drug-likeness (QED) is 0.233. The fourth-order valence-corrected chi connectivity index (χ4v) is 6.15. The molecular formula is C34H36FN3O4S. The van der Waals surface area contributed by atoms with Crippen molar-refractivity contribution < 1.29 is 22.4 Å². The van der Waals surface area contributed by atoms with Gasteiger partial charge in [0.05, 0.1) is 10.6 Å². The van der Waals surface area contributed by atoms with Gasteiger partial charge >= 0.3 is 0 Å². The second-order valence-electron chi connectivity index (χ2n) is 10.7. The van der Waals surface area contributed by atoms with E-state index >= 15 is 4.39 Å². The number of hydrogen-bond donors (Lipinski definition) is 1. The zero-order valence-corrected chi connectivity index (χ0v) is 25.3. The van der Waals surface area contributed by atoms with E-state index in [9.17, 15) is 18.0 Å². The monoisotopic (exact) mass is 601 g/mol. The Labute approximate surface area is 253 Å². The van der Waals surface area contributed by atoms with Crippen LogP contribution in [0.15, 0.2) is 114 Å². The molecule has 0 spiro atoms. The van der Waals surface area contributed by atoms with E-state index in [1.807, 2.05) is 75.4 Å². The Kier molecular flexibility index (Phi) is 10.3. The first-order chi connectivity index (χ1) is 20.6. The fraction of sp³-hybridized carbons (Fsp3) is 0.235. The van der Waals surface area contributed by atoms with Crippen LogP contribution in [0.5, 0.6) is 0 Å². The SMILES string of the molecule is Cc1ccc(CN(C(=O)CN(c2ccccc2F)S(=O)(=O)c2ccccc2)C(Cc2ccccc2)C(=O)NC(C)C)cc1. The summed E-state index contributed by atoms with van der Waals surface area (Å²) in [6.07, 6.45) is 0.197. The molecule has 7 nitrogen and oxygen atoms in total. The van der Waals surface area contributed by atoms with Gasteiger partial charge < -0.3 is 10.2 Å². The summed E-state index contributed by atoms with van der Waals surface area (Å²) in [5, 5.41) is 2.92. The third kappa shape index (κ3) is 8.08. The molecule has 9 heteroatoms. The largest absolute Gasteiger partial charge is 0.352 e. The number of para-hydroxylation sites is 1. The van der Waals surface area contributed by atoms with Crippen molar-refractivity contribution in [3.8, 4) is 0 Å². The van der Waals surface area contributed by atoms with Crippen LogP contribution in [0.1, 0.15) is 30.5 Å². The molecule has 0 bridgehead atoms. The highest BCUT2D eigenvalue weighted by Crippen LogP contribution is 2.27. The summed E-state index contributed by atoms with van der Waals surface area (Å²) in [6, 6.07) is 28.7. The summed E-state index contributed by atoms with van der Waals surface area (Å²) in [6.45, 7) is 4.93. The highest BCUT2D eigenvalue weighted by atomic mass is 32.2. The molecule has 0 aromatic heterocycles. The number of amides is 2. The second-order valence-corrected chi connectivity index (χ2v) is 12.5. The van der Waals surface area contributed by atoms with Crippen molar-refractivity contribution >= 4 is 27.5 Å². The molecule has 0 fully saturated rings. The number of carbonyl (C=O) groups excluding carboxylic acids is 2. The number of carbonyl (C=O) groups is 2. The number of rotatable bonds is 12. The Hall–Kier alpha value is -4.50. The van der Waals surface area contributed by atoms with Gasteiger partial charge in [0, 0.05) is 19.0 Å². The third-order valence-corrected chi connectivity index (χ3v) is 8.68. The predicted octanol–water partition coefficient (Wildman–Crippen LogP) is 5.49. The van der Waals surface area contributed by atoms with Crippen molar-refractivity contribution in [1.82, 2.24) is 10.2 Å². The molecule has 0 saturated carbocycles. The van der Waals surface area contributed by atoms with E-state index in [-0.39, 0.29) is 35.5 Å². The molecule has 0 radical (unpaired) electrons. The summed E-state index contributed by atoms with van der Waals surface area (Å²) in [4.78, 5) is 29.3. The van der Waals surface area contributed by atoms with Crippen molar-refractivity contribution in [1.29, 1.82) is 0 Å². The number of aryl methyl sites for hydroxylation is 1. The van der Waals surface area contributed by atoms with E-state index in [0.717, 1.165) is 27.1 Å². The van der Waals surface area contributed by atoms with Gasteiger partial charge in [0.25, 0.3) is 10.0 Å². The lowest BCUT2D eigenvalue weighted by Crippen LogP contribution is -2.54. The van der Waals surface area contributed by atoms with Crippen LogP contribution in [-0.4, -0.2) is 43.8 Å². The minimum Gasteiger partial charge on any atom is -0.352 e. The molecule has 1 N–H and O–H groups in total. The van der Waals surface area contributed by atoms with Crippen molar-refractivity contribution in [2.24, 2.45) is 0 Å². The van der Waals surface area contributed by atoms with E-state index in [4.69, 9.17) is 0 Å². The minimum absolute atomic E-state index is 0.0403. The van der Waals surface area contributed by atoms with Crippen molar-refractivity contribution in [2.75, 3.05) is 10.8 Å². The number of anilines is 1. The summed E-state index contributed by atoms with van der Waals surface area (Å²) >= 11 is 0. The zero-order valence-electron chi connectivity index (χ0n) is 24.5. The van der Waals surface area contributed by atoms with E-state index in [1.54, 1.807) is 18.2 Å². The van der Waals surface area contributed by atoms with E-state index in [1.165, 1.54) is 35.2 Å². The van der Waals surface area contributed by atoms with Gasteiger partial charge in [-0.25, -0.2) is 12.8 Å². The van der Waals surface area contributed by atoms with Crippen LogP contribution < -0.4 is 9.62 Å². The first kappa shape index (κ1) is 31.4. The maximum absolute atomic E-state index is 15.1. The zero-order chi connectivity index (χ0) is 31.0. The number of nitrogens with one attached hydrogen (secondary N) is 1. The maximum Gasteiger partial charge on any atom is 0.264 e. The van der Waals surface area contributed by atoms with E-state index in [2.05, 4.69) is 5.32 Å². The number of halogens is 1. The van der Waals surface area contributed by atoms with Crippen LogP contribution in [0.4, 0.5) is 10.1 Å². The first-order valence-corrected chi connectivity index (χ1v) is 15.5. The molecule has 0 saturated heterocycles. The molecule has 224 valence electrons.